The van der Waals surface area contributed by atoms with Crippen LogP contribution in [-0.2, 0) is 6.54 Å². The molecule has 5 rings (SSSR count). The summed E-state index contributed by atoms with van der Waals surface area (Å²) < 4.78 is 5.23. The van der Waals surface area contributed by atoms with Crippen molar-refractivity contribution in [3.63, 3.8) is 0 Å². The van der Waals surface area contributed by atoms with E-state index >= 15 is 0 Å². The van der Waals surface area contributed by atoms with Gasteiger partial charge in [-0.05, 0) is 41.5 Å². The molecule has 0 aliphatic carbocycles. The molecule has 1 amide bonds. The molecule has 2 aliphatic heterocycles. The minimum atomic E-state index is -0.0133. The number of methoxy groups -OCH3 is 1. The van der Waals surface area contributed by atoms with Crippen LogP contribution in [0.3, 0.4) is 0 Å². The maximum Gasteiger partial charge on any atom is 0.258 e. The Labute approximate surface area is 182 Å². The molecule has 0 radical (unpaired) electrons. The van der Waals surface area contributed by atoms with Crippen molar-refractivity contribution in [2.45, 2.75) is 24.5 Å². The van der Waals surface area contributed by atoms with E-state index in [4.69, 9.17) is 4.74 Å². The second-order valence-corrected chi connectivity index (χ2v) is 8.20. The Hall–Kier alpha value is -3.15. The number of hydrogen-bond acceptors (Lipinski definition) is 4. The SMILES string of the molecule is COc1ccc(C(=O)N2C[C@@H]3[C@H](c4ccccc42)[C@H](CO)N3Cc2ccccc2)cc1. The molecule has 5 nitrogen and oxygen atoms in total. The zero-order valence-electron chi connectivity index (χ0n) is 17.5. The summed E-state index contributed by atoms with van der Waals surface area (Å²) in [5, 5.41) is 10.2. The van der Waals surface area contributed by atoms with Gasteiger partial charge in [0.25, 0.3) is 5.91 Å². The largest absolute Gasteiger partial charge is 0.497 e. The fourth-order valence-corrected chi connectivity index (χ4v) is 5.08. The molecule has 0 unspecified atom stereocenters. The fraction of sp³-hybridized carbons (Fsp3) is 0.269. The van der Waals surface area contributed by atoms with E-state index in [0.29, 0.717) is 12.1 Å². The van der Waals surface area contributed by atoms with E-state index in [-0.39, 0.29) is 30.5 Å². The second-order valence-electron chi connectivity index (χ2n) is 8.20. The zero-order chi connectivity index (χ0) is 21.4. The van der Waals surface area contributed by atoms with Crippen LogP contribution in [0.5, 0.6) is 5.75 Å². The number of likely N-dealkylation sites (tertiary alicyclic amines) is 1. The second kappa shape index (κ2) is 8.17. The summed E-state index contributed by atoms with van der Waals surface area (Å²) in [5.41, 5.74) is 3.94. The molecular weight excluding hydrogens is 388 g/mol. The molecule has 3 atom stereocenters. The van der Waals surface area contributed by atoms with Gasteiger partial charge in [-0.1, -0.05) is 48.5 Å². The Balaban J connectivity index is 1.47. The molecule has 158 valence electrons. The number of anilines is 1. The average Bonchev–Trinajstić information content (AvgIpc) is 2.83. The number of para-hydroxylation sites is 1. The van der Waals surface area contributed by atoms with Crippen LogP contribution in [0.15, 0.2) is 78.9 Å². The van der Waals surface area contributed by atoms with E-state index in [0.717, 1.165) is 23.5 Å². The van der Waals surface area contributed by atoms with Crippen LogP contribution in [-0.4, -0.2) is 48.3 Å². The van der Waals surface area contributed by atoms with Gasteiger partial charge in [0.1, 0.15) is 5.75 Å². The Morgan fingerprint density at radius 1 is 1.00 bits per heavy atom. The third kappa shape index (κ3) is 3.40. The number of amides is 1. The quantitative estimate of drug-likeness (QED) is 0.692. The lowest BCUT2D eigenvalue weighted by molar-refractivity contribution is -0.0488. The Morgan fingerprint density at radius 3 is 2.42 bits per heavy atom. The van der Waals surface area contributed by atoms with Crippen LogP contribution in [0.25, 0.3) is 0 Å². The van der Waals surface area contributed by atoms with Crippen molar-refractivity contribution >= 4 is 11.6 Å². The highest BCUT2D eigenvalue weighted by Crippen LogP contribution is 2.48. The summed E-state index contributed by atoms with van der Waals surface area (Å²) >= 11 is 0. The number of ether oxygens (including phenoxy) is 1. The Kier molecular flexibility index (Phi) is 5.22. The number of carbonyl (C=O) groups excluding carboxylic acids is 1. The lowest BCUT2D eigenvalue weighted by atomic mass is 9.71. The first-order valence-electron chi connectivity index (χ1n) is 10.7. The molecule has 3 aromatic rings. The number of aliphatic hydroxyl groups is 1. The summed E-state index contributed by atoms with van der Waals surface area (Å²) in [7, 11) is 1.62. The normalized spacial score (nSPS) is 22.3. The Morgan fingerprint density at radius 2 is 1.71 bits per heavy atom. The van der Waals surface area contributed by atoms with E-state index in [2.05, 4.69) is 23.1 Å². The number of benzene rings is 3. The molecule has 1 N–H and O–H groups in total. The van der Waals surface area contributed by atoms with E-state index in [9.17, 15) is 9.90 Å². The first-order valence-corrected chi connectivity index (χ1v) is 10.7. The number of carbonyl (C=O) groups is 1. The van der Waals surface area contributed by atoms with Crippen LogP contribution in [0.2, 0.25) is 0 Å². The first kappa shape index (κ1) is 19.8. The Bertz CT molecular complexity index is 1070. The number of fused-ring (bicyclic) bond motifs is 3. The number of hydrogen-bond donors (Lipinski definition) is 1. The third-order valence-electron chi connectivity index (χ3n) is 6.61. The monoisotopic (exact) mass is 414 g/mol. The van der Waals surface area contributed by atoms with Crippen LogP contribution >= 0.6 is 0 Å². The standard InChI is InChI=1S/C26H26N2O3/c1-31-20-13-11-19(12-14-20)26(30)28-16-23-25(21-9-5-6-10-22(21)28)24(17-29)27(23)15-18-7-3-2-4-8-18/h2-14,23-25,29H,15-17H2,1H3/t23-,24+,25+/m1/s1. The van der Waals surface area contributed by atoms with Gasteiger partial charge in [0.05, 0.1) is 13.7 Å². The summed E-state index contributed by atoms with van der Waals surface area (Å²) in [4.78, 5) is 17.7. The van der Waals surface area contributed by atoms with Gasteiger partial charge in [0.15, 0.2) is 0 Å². The smallest absolute Gasteiger partial charge is 0.258 e. The van der Waals surface area contributed by atoms with Gasteiger partial charge in [0, 0.05) is 42.3 Å². The molecule has 1 saturated heterocycles. The molecule has 2 aliphatic rings. The number of aliphatic hydroxyl groups excluding tert-OH is 1. The van der Waals surface area contributed by atoms with Gasteiger partial charge < -0.3 is 14.7 Å². The van der Waals surface area contributed by atoms with Gasteiger partial charge in [-0.3, -0.25) is 9.69 Å². The summed E-state index contributed by atoms with van der Waals surface area (Å²) in [5.74, 6) is 0.944. The lowest BCUT2D eigenvalue weighted by Gasteiger charge is -2.59. The van der Waals surface area contributed by atoms with Crippen molar-refractivity contribution in [2.24, 2.45) is 0 Å². The van der Waals surface area contributed by atoms with E-state index in [1.807, 2.05) is 65.6 Å². The molecule has 0 bridgehead atoms. The van der Waals surface area contributed by atoms with Crippen molar-refractivity contribution in [3.05, 3.63) is 95.6 Å². The first-order chi connectivity index (χ1) is 15.2. The summed E-state index contributed by atoms with van der Waals surface area (Å²) in [6.07, 6.45) is 0. The maximum absolute atomic E-state index is 13.5. The van der Waals surface area contributed by atoms with E-state index in [1.54, 1.807) is 7.11 Å². The number of nitrogens with zero attached hydrogens (tertiary/aromatic N) is 2. The minimum absolute atomic E-state index is 0.0133. The van der Waals surface area contributed by atoms with Crippen LogP contribution in [0, 0.1) is 0 Å². The van der Waals surface area contributed by atoms with Crippen molar-refractivity contribution in [1.82, 2.24) is 4.90 Å². The third-order valence-corrected chi connectivity index (χ3v) is 6.61. The fourth-order valence-electron chi connectivity index (χ4n) is 5.08. The lowest BCUT2D eigenvalue weighted by Crippen LogP contribution is -2.68. The van der Waals surface area contributed by atoms with Gasteiger partial charge in [0.2, 0.25) is 0 Å². The minimum Gasteiger partial charge on any atom is -0.497 e. The molecule has 3 aromatic carbocycles. The highest BCUT2D eigenvalue weighted by atomic mass is 16.5. The van der Waals surface area contributed by atoms with Crippen LogP contribution in [0.1, 0.15) is 27.4 Å². The van der Waals surface area contributed by atoms with Crippen molar-refractivity contribution in [1.29, 1.82) is 0 Å². The molecule has 1 fully saturated rings. The van der Waals surface area contributed by atoms with Crippen LogP contribution < -0.4 is 9.64 Å². The van der Waals surface area contributed by atoms with Gasteiger partial charge in [-0.15, -0.1) is 0 Å². The zero-order valence-corrected chi connectivity index (χ0v) is 17.5. The molecule has 0 saturated carbocycles. The van der Waals surface area contributed by atoms with Crippen molar-refractivity contribution < 1.29 is 14.6 Å². The van der Waals surface area contributed by atoms with E-state index in [1.165, 1.54) is 5.56 Å². The van der Waals surface area contributed by atoms with Gasteiger partial charge >= 0.3 is 0 Å². The highest BCUT2D eigenvalue weighted by molar-refractivity contribution is 6.07. The van der Waals surface area contributed by atoms with Crippen LogP contribution in [0.4, 0.5) is 5.69 Å². The van der Waals surface area contributed by atoms with Crippen molar-refractivity contribution in [2.75, 3.05) is 25.2 Å². The average molecular weight is 415 g/mol. The predicted octanol–water partition coefficient (Wildman–Crippen LogP) is 3.68. The van der Waals surface area contributed by atoms with Crippen molar-refractivity contribution in [3.8, 4) is 5.75 Å². The summed E-state index contributed by atoms with van der Waals surface area (Å²) in [6, 6.07) is 25.9. The molecule has 31 heavy (non-hydrogen) atoms. The predicted molar refractivity (Wildman–Crippen MR) is 121 cm³/mol. The van der Waals surface area contributed by atoms with E-state index < -0.39 is 0 Å². The maximum atomic E-state index is 13.5. The topological polar surface area (TPSA) is 53.0 Å². The molecule has 2 heterocycles. The number of rotatable bonds is 5. The van der Waals surface area contributed by atoms with Gasteiger partial charge in [-0.25, -0.2) is 0 Å². The molecule has 0 spiro atoms. The van der Waals surface area contributed by atoms with Gasteiger partial charge in [-0.2, -0.15) is 0 Å². The molecular formula is C26H26N2O3. The highest BCUT2D eigenvalue weighted by Gasteiger charge is 2.53. The summed E-state index contributed by atoms with van der Waals surface area (Å²) in [6.45, 7) is 1.48. The molecule has 5 heteroatoms. The molecule has 0 aromatic heterocycles.